The fraction of sp³-hybridized carbons (Fsp3) is 0.385. The van der Waals surface area contributed by atoms with Crippen LogP contribution in [0.1, 0.15) is 50.3 Å². The number of carbonyl (C=O) groups is 1. The second kappa shape index (κ2) is 9.02. The second-order valence-electron chi connectivity index (χ2n) is 9.94. The number of likely N-dealkylation sites (N-methyl/N-ethyl adjacent to an activating group) is 1. The number of fused-ring (bicyclic) bond motifs is 1. The number of hydrogen-bond acceptors (Lipinski definition) is 5. The number of aryl methyl sites for hydroxylation is 1. The van der Waals surface area contributed by atoms with E-state index in [1.54, 1.807) is 10.8 Å². The average molecular weight is 460 g/mol. The molecule has 0 radical (unpaired) electrons. The lowest BCUT2D eigenvalue weighted by molar-refractivity contribution is -0.123. The SMILES string of the molecule is Cc1cc(-c2n[nH]c(-c3ccc(C(C)(C)NC(=O)CN(C)C)cc3)c2C(C)C)cn2ncnc12. The maximum atomic E-state index is 12.3. The first kappa shape index (κ1) is 23.6. The topological polar surface area (TPSA) is 91.2 Å². The van der Waals surface area contributed by atoms with Crippen molar-refractivity contribution in [2.75, 3.05) is 20.6 Å². The fourth-order valence-electron chi connectivity index (χ4n) is 4.38. The van der Waals surface area contributed by atoms with Gasteiger partial charge in [0.15, 0.2) is 5.65 Å². The van der Waals surface area contributed by atoms with Crippen molar-refractivity contribution >= 4 is 11.6 Å². The van der Waals surface area contributed by atoms with Crippen LogP contribution in [0, 0.1) is 6.92 Å². The van der Waals surface area contributed by atoms with Crippen LogP contribution in [0.25, 0.3) is 28.2 Å². The summed E-state index contributed by atoms with van der Waals surface area (Å²) < 4.78 is 1.80. The number of nitrogens with zero attached hydrogens (tertiary/aromatic N) is 5. The largest absolute Gasteiger partial charge is 0.346 e. The number of amides is 1. The third kappa shape index (κ3) is 4.59. The summed E-state index contributed by atoms with van der Waals surface area (Å²) in [7, 11) is 3.77. The van der Waals surface area contributed by atoms with Crippen LogP contribution < -0.4 is 5.32 Å². The second-order valence-corrected chi connectivity index (χ2v) is 9.94. The summed E-state index contributed by atoms with van der Waals surface area (Å²) >= 11 is 0. The van der Waals surface area contributed by atoms with Crippen LogP contribution in [0.4, 0.5) is 0 Å². The maximum Gasteiger partial charge on any atom is 0.234 e. The van der Waals surface area contributed by atoms with E-state index in [1.807, 2.05) is 46.0 Å². The smallest absolute Gasteiger partial charge is 0.234 e. The summed E-state index contributed by atoms with van der Waals surface area (Å²) in [6.45, 7) is 10.8. The van der Waals surface area contributed by atoms with Crippen LogP contribution in [-0.4, -0.2) is 56.2 Å². The molecule has 0 spiro atoms. The van der Waals surface area contributed by atoms with Crippen LogP contribution in [0.2, 0.25) is 0 Å². The molecule has 0 saturated heterocycles. The molecule has 0 atom stereocenters. The van der Waals surface area contributed by atoms with Crippen LogP contribution >= 0.6 is 0 Å². The summed E-state index contributed by atoms with van der Waals surface area (Å²) in [5, 5.41) is 15.4. The summed E-state index contributed by atoms with van der Waals surface area (Å²) in [5.74, 6) is 0.260. The first-order valence-corrected chi connectivity index (χ1v) is 11.5. The molecule has 0 saturated carbocycles. The van der Waals surface area contributed by atoms with Crippen molar-refractivity contribution in [2.24, 2.45) is 0 Å². The molecular weight excluding hydrogens is 426 g/mol. The van der Waals surface area contributed by atoms with Gasteiger partial charge >= 0.3 is 0 Å². The summed E-state index contributed by atoms with van der Waals surface area (Å²) in [6.07, 6.45) is 3.54. The Balaban J connectivity index is 1.67. The predicted molar refractivity (Wildman–Crippen MR) is 135 cm³/mol. The lowest BCUT2D eigenvalue weighted by Crippen LogP contribution is -2.44. The zero-order chi connectivity index (χ0) is 24.6. The van der Waals surface area contributed by atoms with Gasteiger partial charge in [-0.3, -0.25) is 9.89 Å². The Morgan fingerprint density at radius 3 is 2.53 bits per heavy atom. The molecule has 34 heavy (non-hydrogen) atoms. The number of hydrogen-bond donors (Lipinski definition) is 2. The van der Waals surface area contributed by atoms with E-state index in [2.05, 4.69) is 64.7 Å². The van der Waals surface area contributed by atoms with Crippen molar-refractivity contribution in [3.8, 4) is 22.5 Å². The van der Waals surface area contributed by atoms with E-state index < -0.39 is 5.54 Å². The minimum absolute atomic E-state index is 0.000903. The third-order valence-corrected chi connectivity index (χ3v) is 6.02. The van der Waals surface area contributed by atoms with Crippen molar-refractivity contribution in [2.45, 2.75) is 46.1 Å². The third-order valence-electron chi connectivity index (χ3n) is 6.02. The number of nitrogens with one attached hydrogen (secondary N) is 2. The standard InChI is InChI=1S/C26H33N7O/c1-16(2)22-23(30-31-24(22)19-12-17(3)25-27-15-28-33(25)13-19)18-8-10-20(11-9-18)26(4,5)29-21(34)14-32(6)7/h8-13,15-16H,14H2,1-7H3,(H,29,34)(H,30,31). The maximum absolute atomic E-state index is 12.3. The normalized spacial score (nSPS) is 12.1. The van der Waals surface area contributed by atoms with E-state index >= 15 is 0 Å². The highest BCUT2D eigenvalue weighted by Crippen LogP contribution is 2.36. The van der Waals surface area contributed by atoms with Crippen molar-refractivity contribution in [1.82, 2.24) is 35.0 Å². The molecule has 1 amide bonds. The number of aromatic nitrogens is 5. The van der Waals surface area contributed by atoms with Gasteiger partial charge < -0.3 is 10.2 Å². The zero-order valence-corrected chi connectivity index (χ0v) is 21.0. The van der Waals surface area contributed by atoms with Crippen molar-refractivity contribution < 1.29 is 4.79 Å². The van der Waals surface area contributed by atoms with Crippen molar-refractivity contribution in [1.29, 1.82) is 0 Å². The van der Waals surface area contributed by atoms with E-state index in [-0.39, 0.29) is 11.8 Å². The van der Waals surface area contributed by atoms with Gasteiger partial charge in [-0.1, -0.05) is 38.1 Å². The van der Waals surface area contributed by atoms with Gasteiger partial charge in [0.2, 0.25) is 5.91 Å². The Labute approximate surface area is 200 Å². The van der Waals surface area contributed by atoms with Gasteiger partial charge in [-0.15, -0.1) is 0 Å². The number of pyridine rings is 1. The molecule has 4 rings (SSSR count). The molecule has 0 bridgehead atoms. The van der Waals surface area contributed by atoms with Crippen LogP contribution in [0.5, 0.6) is 0 Å². The molecule has 3 aromatic heterocycles. The minimum Gasteiger partial charge on any atom is -0.346 e. The van der Waals surface area contributed by atoms with Gasteiger partial charge in [-0.05, 0) is 63.5 Å². The molecule has 8 nitrogen and oxygen atoms in total. The number of carbonyl (C=O) groups excluding carboxylic acids is 1. The van der Waals surface area contributed by atoms with Gasteiger partial charge in [-0.25, -0.2) is 9.50 Å². The first-order chi connectivity index (χ1) is 16.1. The van der Waals surface area contributed by atoms with E-state index in [4.69, 9.17) is 5.10 Å². The van der Waals surface area contributed by atoms with Gasteiger partial charge in [0, 0.05) is 17.3 Å². The van der Waals surface area contributed by atoms with Crippen LogP contribution in [0.3, 0.4) is 0 Å². The van der Waals surface area contributed by atoms with E-state index in [0.29, 0.717) is 6.54 Å². The molecule has 4 aromatic rings. The Kier molecular flexibility index (Phi) is 6.27. The monoisotopic (exact) mass is 459 g/mol. The lowest BCUT2D eigenvalue weighted by atomic mass is 9.90. The summed E-state index contributed by atoms with van der Waals surface area (Å²) in [6, 6.07) is 10.4. The van der Waals surface area contributed by atoms with Gasteiger partial charge in [0.25, 0.3) is 0 Å². The average Bonchev–Trinajstić information content (AvgIpc) is 3.40. The molecule has 8 heteroatoms. The predicted octanol–water partition coefficient (Wildman–Crippen LogP) is 4.13. The molecule has 0 aliphatic carbocycles. The van der Waals surface area contributed by atoms with Crippen molar-refractivity contribution in [3.63, 3.8) is 0 Å². The number of aromatic amines is 1. The molecule has 0 aliphatic rings. The highest BCUT2D eigenvalue weighted by molar-refractivity contribution is 5.79. The highest BCUT2D eigenvalue weighted by atomic mass is 16.2. The molecule has 0 unspecified atom stereocenters. The lowest BCUT2D eigenvalue weighted by Gasteiger charge is -2.28. The van der Waals surface area contributed by atoms with E-state index in [9.17, 15) is 4.79 Å². The molecule has 178 valence electrons. The number of benzene rings is 1. The quantitative estimate of drug-likeness (QED) is 0.434. The van der Waals surface area contributed by atoms with Crippen LogP contribution in [-0.2, 0) is 10.3 Å². The Morgan fingerprint density at radius 1 is 1.18 bits per heavy atom. The molecule has 1 aromatic carbocycles. The minimum atomic E-state index is -0.476. The molecule has 0 aliphatic heterocycles. The molecular formula is C26H33N7O. The van der Waals surface area contributed by atoms with E-state index in [1.165, 1.54) is 0 Å². The highest BCUT2D eigenvalue weighted by Gasteiger charge is 2.24. The van der Waals surface area contributed by atoms with Crippen molar-refractivity contribution in [3.05, 3.63) is 59.5 Å². The number of rotatable bonds is 7. The Bertz CT molecular complexity index is 1310. The number of H-pyrrole nitrogens is 1. The zero-order valence-electron chi connectivity index (χ0n) is 21.0. The van der Waals surface area contributed by atoms with Gasteiger partial charge in [0.1, 0.15) is 6.33 Å². The molecule has 0 fully saturated rings. The first-order valence-electron chi connectivity index (χ1n) is 11.5. The van der Waals surface area contributed by atoms with Gasteiger partial charge in [-0.2, -0.15) is 10.2 Å². The molecule has 3 heterocycles. The van der Waals surface area contributed by atoms with E-state index in [0.717, 1.165) is 44.9 Å². The fourth-order valence-corrected chi connectivity index (χ4v) is 4.38. The van der Waals surface area contributed by atoms with Crippen LogP contribution in [0.15, 0.2) is 42.9 Å². The summed E-state index contributed by atoms with van der Waals surface area (Å²) in [5.41, 5.74) is 7.61. The molecule has 2 N–H and O–H groups in total. The Morgan fingerprint density at radius 2 is 1.88 bits per heavy atom. The summed E-state index contributed by atoms with van der Waals surface area (Å²) in [4.78, 5) is 18.5. The van der Waals surface area contributed by atoms with Gasteiger partial charge in [0.05, 0.1) is 23.5 Å². The Hall–Kier alpha value is -3.52.